The third kappa shape index (κ3) is 2.96. The highest BCUT2D eigenvalue weighted by molar-refractivity contribution is 7.99. The average Bonchev–Trinajstić information content (AvgIpc) is 2.47. The highest BCUT2D eigenvalue weighted by Gasteiger charge is 2.10. The van der Waals surface area contributed by atoms with Gasteiger partial charge in [-0.2, -0.15) is 8.78 Å². The summed E-state index contributed by atoms with van der Waals surface area (Å²) in [6.45, 7) is 1.03. The lowest BCUT2D eigenvalue weighted by Crippen LogP contribution is -2.11. The molecule has 104 valence electrons. The maximum absolute atomic E-state index is 12.3. The lowest BCUT2D eigenvalue weighted by Gasteiger charge is -2.18. The summed E-state index contributed by atoms with van der Waals surface area (Å²) in [4.78, 5) is 0.600. The molecule has 0 unspecified atom stereocenters. The first-order valence-corrected chi connectivity index (χ1v) is 7.52. The molecule has 0 aliphatic carbocycles. The van der Waals surface area contributed by atoms with Gasteiger partial charge in [-0.3, -0.25) is 0 Å². The van der Waals surface area contributed by atoms with E-state index in [-0.39, 0.29) is 0 Å². The Balaban J connectivity index is 1.85. The number of benzene rings is 2. The molecule has 0 bridgehead atoms. The SMILES string of the molecule is FC(F)Sc1ccc(-c2ccc3c(c2)CCCN3)cc1. The lowest BCUT2D eigenvalue weighted by atomic mass is 9.97. The van der Waals surface area contributed by atoms with Crippen LogP contribution in [0.15, 0.2) is 47.4 Å². The van der Waals surface area contributed by atoms with E-state index in [0.717, 1.165) is 30.5 Å². The molecule has 0 spiro atoms. The zero-order chi connectivity index (χ0) is 13.9. The molecule has 0 atom stereocenters. The fourth-order valence-corrected chi connectivity index (χ4v) is 2.98. The van der Waals surface area contributed by atoms with E-state index >= 15 is 0 Å². The Kier molecular flexibility index (Phi) is 3.92. The molecule has 0 fully saturated rings. The van der Waals surface area contributed by atoms with Gasteiger partial charge in [0.15, 0.2) is 0 Å². The number of hydrogen-bond donors (Lipinski definition) is 1. The van der Waals surface area contributed by atoms with Gasteiger partial charge in [-0.15, -0.1) is 0 Å². The highest BCUT2D eigenvalue weighted by Crippen LogP contribution is 2.31. The predicted octanol–water partition coefficient (Wildman–Crippen LogP) is 5.03. The van der Waals surface area contributed by atoms with Crippen molar-refractivity contribution in [2.24, 2.45) is 0 Å². The van der Waals surface area contributed by atoms with E-state index < -0.39 is 5.76 Å². The van der Waals surface area contributed by atoms with Crippen molar-refractivity contribution in [3.8, 4) is 11.1 Å². The summed E-state index contributed by atoms with van der Waals surface area (Å²) in [5.74, 6) is -2.37. The molecule has 2 aromatic rings. The molecular formula is C16H15F2NS. The first-order chi connectivity index (χ1) is 9.72. The summed E-state index contributed by atoms with van der Waals surface area (Å²) in [5.41, 5.74) is 4.75. The quantitative estimate of drug-likeness (QED) is 0.796. The summed E-state index contributed by atoms with van der Waals surface area (Å²) >= 11 is 0.582. The van der Waals surface area contributed by atoms with Crippen LogP contribution in [0.4, 0.5) is 14.5 Å². The van der Waals surface area contributed by atoms with Crippen LogP contribution in [-0.4, -0.2) is 12.3 Å². The topological polar surface area (TPSA) is 12.0 Å². The van der Waals surface area contributed by atoms with Crippen LogP contribution in [0.1, 0.15) is 12.0 Å². The number of aryl methyl sites for hydroxylation is 1. The molecule has 1 heterocycles. The van der Waals surface area contributed by atoms with Gasteiger partial charge in [-0.05, 0) is 53.8 Å². The minimum absolute atomic E-state index is 0.582. The smallest absolute Gasteiger partial charge is 0.288 e. The molecule has 20 heavy (non-hydrogen) atoms. The summed E-state index contributed by atoms with van der Waals surface area (Å²) in [7, 11) is 0. The largest absolute Gasteiger partial charge is 0.385 e. The Morgan fingerprint density at radius 3 is 2.50 bits per heavy atom. The maximum Gasteiger partial charge on any atom is 0.288 e. The van der Waals surface area contributed by atoms with Crippen molar-refractivity contribution < 1.29 is 8.78 Å². The maximum atomic E-state index is 12.3. The number of anilines is 1. The average molecular weight is 291 g/mol. The third-order valence-corrected chi connectivity index (χ3v) is 4.18. The van der Waals surface area contributed by atoms with Crippen molar-refractivity contribution in [3.63, 3.8) is 0 Å². The molecular weight excluding hydrogens is 276 g/mol. The Bertz CT molecular complexity index is 596. The van der Waals surface area contributed by atoms with Crippen LogP contribution < -0.4 is 5.32 Å². The summed E-state index contributed by atoms with van der Waals surface area (Å²) in [6, 6.07) is 13.7. The first-order valence-electron chi connectivity index (χ1n) is 6.64. The van der Waals surface area contributed by atoms with E-state index in [1.165, 1.54) is 11.3 Å². The van der Waals surface area contributed by atoms with Gasteiger partial charge in [0.05, 0.1) is 0 Å². The lowest BCUT2D eigenvalue weighted by molar-refractivity contribution is 0.252. The molecule has 1 N–H and O–H groups in total. The van der Waals surface area contributed by atoms with Gasteiger partial charge in [-0.25, -0.2) is 0 Å². The molecule has 2 aromatic carbocycles. The highest BCUT2D eigenvalue weighted by atomic mass is 32.2. The van der Waals surface area contributed by atoms with Crippen LogP contribution in [0.5, 0.6) is 0 Å². The van der Waals surface area contributed by atoms with E-state index in [1.807, 2.05) is 12.1 Å². The van der Waals surface area contributed by atoms with Crippen LogP contribution in [0, 0.1) is 0 Å². The molecule has 3 rings (SSSR count). The van der Waals surface area contributed by atoms with E-state index in [9.17, 15) is 8.78 Å². The minimum atomic E-state index is -2.37. The number of hydrogen-bond acceptors (Lipinski definition) is 2. The van der Waals surface area contributed by atoms with Crippen LogP contribution in [-0.2, 0) is 6.42 Å². The Labute approximate surface area is 121 Å². The molecule has 0 aromatic heterocycles. The van der Waals surface area contributed by atoms with E-state index in [4.69, 9.17) is 0 Å². The van der Waals surface area contributed by atoms with Crippen LogP contribution in [0.25, 0.3) is 11.1 Å². The first kappa shape index (κ1) is 13.4. The zero-order valence-corrected chi connectivity index (χ0v) is 11.7. The van der Waals surface area contributed by atoms with Gasteiger partial charge in [0.2, 0.25) is 0 Å². The second-order valence-electron chi connectivity index (χ2n) is 4.81. The van der Waals surface area contributed by atoms with Gasteiger partial charge in [0.1, 0.15) is 0 Å². The summed E-state index contributed by atoms with van der Waals surface area (Å²) in [6.07, 6.45) is 2.25. The third-order valence-electron chi connectivity index (χ3n) is 3.46. The summed E-state index contributed by atoms with van der Waals surface area (Å²) in [5, 5.41) is 3.39. The number of rotatable bonds is 3. The Morgan fingerprint density at radius 1 is 1.00 bits per heavy atom. The molecule has 1 aliphatic rings. The molecule has 0 radical (unpaired) electrons. The van der Waals surface area contributed by atoms with Gasteiger partial charge in [0, 0.05) is 17.1 Å². The van der Waals surface area contributed by atoms with Crippen LogP contribution in [0.2, 0.25) is 0 Å². The van der Waals surface area contributed by atoms with Crippen LogP contribution in [0.3, 0.4) is 0 Å². The van der Waals surface area contributed by atoms with E-state index in [0.29, 0.717) is 16.7 Å². The summed E-state index contributed by atoms with van der Waals surface area (Å²) < 4.78 is 24.6. The van der Waals surface area contributed by atoms with Gasteiger partial charge >= 0.3 is 0 Å². The second-order valence-corrected chi connectivity index (χ2v) is 5.87. The van der Waals surface area contributed by atoms with Crippen molar-refractivity contribution in [1.29, 1.82) is 0 Å². The molecule has 0 amide bonds. The monoisotopic (exact) mass is 291 g/mol. The predicted molar refractivity (Wildman–Crippen MR) is 80.5 cm³/mol. The molecule has 0 saturated heterocycles. The van der Waals surface area contributed by atoms with Gasteiger partial charge in [0.25, 0.3) is 5.76 Å². The number of thioether (sulfide) groups is 1. The zero-order valence-electron chi connectivity index (χ0n) is 10.9. The molecule has 0 saturated carbocycles. The minimum Gasteiger partial charge on any atom is -0.385 e. The Morgan fingerprint density at radius 2 is 1.75 bits per heavy atom. The second kappa shape index (κ2) is 5.83. The molecule has 1 aliphatic heterocycles. The van der Waals surface area contributed by atoms with E-state index in [2.05, 4.69) is 23.5 Å². The van der Waals surface area contributed by atoms with Crippen molar-refractivity contribution in [1.82, 2.24) is 0 Å². The normalized spacial score (nSPS) is 13.9. The molecule has 1 nitrogen and oxygen atoms in total. The van der Waals surface area contributed by atoms with Gasteiger partial charge in [-0.1, -0.05) is 30.0 Å². The number of alkyl halides is 2. The van der Waals surface area contributed by atoms with Crippen molar-refractivity contribution in [2.45, 2.75) is 23.5 Å². The standard InChI is InChI=1S/C16H15F2NS/c17-16(18)20-14-6-3-11(4-7-14)12-5-8-15-13(10-12)2-1-9-19-15/h3-8,10,16,19H,1-2,9H2. The number of nitrogens with one attached hydrogen (secondary N) is 1. The van der Waals surface area contributed by atoms with E-state index in [1.54, 1.807) is 12.1 Å². The number of fused-ring (bicyclic) bond motifs is 1. The van der Waals surface area contributed by atoms with Crippen molar-refractivity contribution in [2.75, 3.05) is 11.9 Å². The van der Waals surface area contributed by atoms with Crippen molar-refractivity contribution in [3.05, 3.63) is 48.0 Å². The number of halogens is 2. The Hall–Kier alpha value is -1.55. The van der Waals surface area contributed by atoms with Gasteiger partial charge < -0.3 is 5.32 Å². The van der Waals surface area contributed by atoms with Crippen LogP contribution >= 0.6 is 11.8 Å². The molecule has 4 heteroatoms. The van der Waals surface area contributed by atoms with Crippen molar-refractivity contribution >= 4 is 17.4 Å². The fourth-order valence-electron chi connectivity index (χ4n) is 2.48. The fraction of sp³-hybridized carbons (Fsp3) is 0.250.